The molecule has 4 rings (SSSR count). The van der Waals surface area contributed by atoms with Crippen molar-refractivity contribution >= 4 is 0 Å². The molecule has 1 N–H and O–H groups in total. The highest BCUT2D eigenvalue weighted by Crippen LogP contribution is 2.44. The molecule has 0 radical (unpaired) electrons. The standard InChI is InChI=1S/C21H32N2O2/c24-21(19-8-4-5-12-22-19)11-15-25-20(17-21)9-13-23(14-10-20)16-18-6-2-1-3-7-18/h4-5,8,12,18,24H,1-3,6-7,9-11,13-17H2. The average molecular weight is 344 g/mol. The maximum Gasteiger partial charge on any atom is 0.111 e. The smallest absolute Gasteiger partial charge is 0.111 e. The number of hydrogen-bond acceptors (Lipinski definition) is 4. The van der Waals surface area contributed by atoms with Gasteiger partial charge in [-0.2, -0.15) is 0 Å². The number of piperidine rings is 1. The summed E-state index contributed by atoms with van der Waals surface area (Å²) in [6.07, 6.45) is 12.3. The second kappa shape index (κ2) is 7.34. The minimum atomic E-state index is -0.828. The van der Waals surface area contributed by atoms with Gasteiger partial charge in [-0.15, -0.1) is 0 Å². The summed E-state index contributed by atoms with van der Waals surface area (Å²) in [6, 6.07) is 5.83. The fourth-order valence-corrected chi connectivity index (χ4v) is 5.16. The fraction of sp³-hybridized carbons (Fsp3) is 0.762. The maximum absolute atomic E-state index is 11.2. The number of nitrogens with zero attached hydrogens (tertiary/aromatic N) is 2. The molecule has 3 aliphatic rings. The predicted molar refractivity (Wildman–Crippen MR) is 98.3 cm³/mol. The number of aliphatic hydroxyl groups is 1. The van der Waals surface area contributed by atoms with Gasteiger partial charge < -0.3 is 14.7 Å². The van der Waals surface area contributed by atoms with E-state index in [1.807, 2.05) is 18.2 Å². The highest BCUT2D eigenvalue weighted by atomic mass is 16.5. The van der Waals surface area contributed by atoms with Crippen LogP contribution in [-0.2, 0) is 10.3 Å². The molecule has 1 spiro atoms. The van der Waals surface area contributed by atoms with Gasteiger partial charge in [-0.25, -0.2) is 0 Å². The zero-order valence-electron chi connectivity index (χ0n) is 15.3. The van der Waals surface area contributed by atoms with Crippen molar-refractivity contribution in [3.63, 3.8) is 0 Å². The molecule has 4 heteroatoms. The Hall–Kier alpha value is -0.970. The van der Waals surface area contributed by atoms with Crippen molar-refractivity contribution in [1.82, 2.24) is 9.88 Å². The van der Waals surface area contributed by atoms with E-state index in [1.54, 1.807) is 6.20 Å². The first-order valence-electron chi connectivity index (χ1n) is 10.2. The summed E-state index contributed by atoms with van der Waals surface area (Å²) >= 11 is 0. The van der Waals surface area contributed by atoms with Gasteiger partial charge in [0.2, 0.25) is 0 Å². The zero-order chi connectivity index (χ0) is 17.2. The van der Waals surface area contributed by atoms with Gasteiger partial charge in [0.25, 0.3) is 0 Å². The minimum Gasteiger partial charge on any atom is -0.383 e. The van der Waals surface area contributed by atoms with E-state index in [0.717, 1.165) is 37.5 Å². The van der Waals surface area contributed by atoms with Gasteiger partial charge in [0.05, 0.1) is 17.9 Å². The van der Waals surface area contributed by atoms with E-state index in [-0.39, 0.29) is 5.60 Å². The topological polar surface area (TPSA) is 45.6 Å². The normalized spacial score (nSPS) is 31.2. The molecule has 3 heterocycles. The summed E-state index contributed by atoms with van der Waals surface area (Å²) < 4.78 is 6.25. The van der Waals surface area contributed by atoms with Crippen molar-refractivity contribution in [2.75, 3.05) is 26.2 Å². The van der Waals surface area contributed by atoms with E-state index in [4.69, 9.17) is 4.74 Å². The molecule has 1 aromatic rings. The van der Waals surface area contributed by atoms with Crippen LogP contribution in [0.15, 0.2) is 24.4 Å². The molecule has 1 saturated carbocycles. The summed E-state index contributed by atoms with van der Waals surface area (Å²) in [6.45, 7) is 4.11. The lowest BCUT2D eigenvalue weighted by molar-refractivity contribution is -0.184. The van der Waals surface area contributed by atoms with E-state index >= 15 is 0 Å². The van der Waals surface area contributed by atoms with Crippen LogP contribution >= 0.6 is 0 Å². The quantitative estimate of drug-likeness (QED) is 0.912. The third kappa shape index (κ3) is 3.91. The van der Waals surface area contributed by atoms with Crippen LogP contribution in [0.2, 0.25) is 0 Å². The third-order valence-electron chi connectivity index (χ3n) is 6.69. The van der Waals surface area contributed by atoms with Crippen molar-refractivity contribution in [2.24, 2.45) is 5.92 Å². The minimum absolute atomic E-state index is 0.159. The molecule has 2 aliphatic heterocycles. The number of rotatable bonds is 3. The molecule has 3 fully saturated rings. The van der Waals surface area contributed by atoms with Crippen molar-refractivity contribution < 1.29 is 9.84 Å². The molecule has 1 aliphatic carbocycles. The molecule has 2 saturated heterocycles. The van der Waals surface area contributed by atoms with E-state index in [1.165, 1.54) is 38.6 Å². The Labute approximate surface area is 151 Å². The number of pyridine rings is 1. The number of ether oxygens (including phenoxy) is 1. The Morgan fingerprint density at radius 3 is 2.64 bits per heavy atom. The van der Waals surface area contributed by atoms with Gasteiger partial charge in [-0.05, 0) is 43.7 Å². The molecule has 0 aromatic carbocycles. The first-order chi connectivity index (χ1) is 12.2. The molecule has 1 unspecified atom stereocenters. The molecule has 0 amide bonds. The van der Waals surface area contributed by atoms with E-state index in [2.05, 4.69) is 9.88 Å². The molecule has 0 bridgehead atoms. The zero-order valence-corrected chi connectivity index (χ0v) is 15.3. The van der Waals surface area contributed by atoms with Gasteiger partial charge in [-0.1, -0.05) is 25.3 Å². The number of hydrogen-bond donors (Lipinski definition) is 1. The summed E-state index contributed by atoms with van der Waals surface area (Å²) in [5.41, 5.74) is -0.180. The first-order valence-corrected chi connectivity index (χ1v) is 10.2. The molecule has 138 valence electrons. The SMILES string of the molecule is OC1(c2ccccn2)CCOC2(CCN(CC3CCCCC3)CC2)C1. The highest BCUT2D eigenvalue weighted by molar-refractivity contribution is 5.16. The van der Waals surface area contributed by atoms with Crippen LogP contribution in [-0.4, -0.2) is 46.8 Å². The second-order valence-electron chi connectivity index (χ2n) is 8.51. The first kappa shape index (κ1) is 17.4. The largest absolute Gasteiger partial charge is 0.383 e. The number of aromatic nitrogens is 1. The van der Waals surface area contributed by atoms with Gasteiger partial charge in [0.1, 0.15) is 5.60 Å². The lowest BCUT2D eigenvalue weighted by Gasteiger charge is -2.49. The summed E-state index contributed by atoms with van der Waals surface area (Å²) in [5, 5.41) is 11.2. The van der Waals surface area contributed by atoms with Gasteiger partial charge in [0, 0.05) is 38.7 Å². The lowest BCUT2D eigenvalue weighted by Crippen LogP contribution is -2.54. The molecule has 1 aromatic heterocycles. The molecule has 1 atom stereocenters. The summed E-state index contributed by atoms with van der Waals surface area (Å²) in [7, 11) is 0. The fourth-order valence-electron chi connectivity index (χ4n) is 5.16. The van der Waals surface area contributed by atoms with Crippen molar-refractivity contribution in [3.8, 4) is 0 Å². The predicted octanol–water partition coefficient (Wildman–Crippen LogP) is 3.49. The van der Waals surface area contributed by atoms with Crippen LogP contribution in [0.1, 0.15) is 63.5 Å². The van der Waals surface area contributed by atoms with Crippen LogP contribution in [0, 0.1) is 5.92 Å². The van der Waals surface area contributed by atoms with Gasteiger partial charge in [-0.3, -0.25) is 4.98 Å². The van der Waals surface area contributed by atoms with E-state index in [0.29, 0.717) is 19.4 Å². The van der Waals surface area contributed by atoms with Crippen LogP contribution in [0.4, 0.5) is 0 Å². The van der Waals surface area contributed by atoms with Crippen LogP contribution in [0.5, 0.6) is 0 Å². The third-order valence-corrected chi connectivity index (χ3v) is 6.69. The van der Waals surface area contributed by atoms with E-state index in [9.17, 15) is 5.11 Å². The van der Waals surface area contributed by atoms with Crippen LogP contribution in [0.25, 0.3) is 0 Å². The Kier molecular flexibility index (Phi) is 5.12. The highest BCUT2D eigenvalue weighted by Gasteiger charge is 2.47. The van der Waals surface area contributed by atoms with Gasteiger partial charge >= 0.3 is 0 Å². The molecular formula is C21H32N2O2. The maximum atomic E-state index is 11.2. The Balaban J connectivity index is 1.37. The monoisotopic (exact) mass is 344 g/mol. The van der Waals surface area contributed by atoms with Gasteiger partial charge in [0.15, 0.2) is 0 Å². The van der Waals surface area contributed by atoms with E-state index < -0.39 is 5.60 Å². The Bertz CT molecular complexity index is 550. The van der Waals surface area contributed by atoms with Crippen molar-refractivity contribution in [3.05, 3.63) is 30.1 Å². The summed E-state index contributed by atoms with van der Waals surface area (Å²) in [5.74, 6) is 0.903. The summed E-state index contributed by atoms with van der Waals surface area (Å²) in [4.78, 5) is 7.07. The second-order valence-corrected chi connectivity index (χ2v) is 8.51. The molecule has 4 nitrogen and oxygen atoms in total. The number of likely N-dealkylation sites (tertiary alicyclic amines) is 1. The van der Waals surface area contributed by atoms with Crippen molar-refractivity contribution in [1.29, 1.82) is 0 Å². The lowest BCUT2D eigenvalue weighted by atomic mass is 9.75. The molecular weight excluding hydrogens is 312 g/mol. The Morgan fingerprint density at radius 2 is 1.92 bits per heavy atom. The Morgan fingerprint density at radius 1 is 1.12 bits per heavy atom. The average Bonchev–Trinajstić information content (AvgIpc) is 2.66. The van der Waals surface area contributed by atoms with Crippen molar-refractivity contribution in [2.45, 2.75) is 69.0 Å². The van der Waals surface area contributed by atoms with Crippen LogP contribution < -0.4 is 0 Å². The molecule has 25 heavy (non-hydrogen) atoms. The van der Waals surface area contributed by atoms with Crippen LogP contribution in [0.3, 0.4) is 0 Å².